The SMILES string of the molecule is O=C(CCCCCCC(=O)Nc1nc2ccc(OC(F)(F)F)cc2s1)NO. The minimum absolute atomic E-state index is 0.231. The first-order valence-electron chi connectivity index (χ1n) is 8.16. The van der Waals surface area contributed by atoms with Crippen LogP contribution in [0.1, 0.15) is 38.5 Å². The molecule has 11 heteroatoms. The first-order valence-corrected chi connectivity index (χ1v) is 8.97. The van der Waals surface area contributed by atoms with Crippen molar-refractivity contribution in [1.82, 2.24) is 10.5 Å². The van der Waals surface area contributed by atoms with Gasteiger partial charge in [0.15, 0.2) is 5.13 Å². The maximum absolute atomic E-state index is 12.2. The number of ether oxygens (including phenoxy) is 1. The highest BCUT2D eigenvalue weighted by Gasteiger charge is 2.31. The Hall–Kier alpha value is -2.40. The van der Waals surface area contributed by atoms with Gasteiger partial charge < -0.3 is 10.1 Å². The van der Waals surface area contributed by atoms with Crippen molar-refractivity contribution < 1.29 is 32.7 Å². The summed E-state index contributed by atoms with van der Waals surface area (Å²) in [6.45, 7) is 0. The second-order valence-electron chi connectivity index (χ2n) is 5.69. The molecular weight excluding hydrogens is 387 g/mol. The van der Waals surface area contributed by atoms with E-state index in [9.17, 15) is 22.8 Å². The highest BCUT2D eigenvalue weighted by Crippen LogP contribution is 2.31. The van der Waals surface area contributed by atoms with Gasteiger partial charge in [-0.05, 0) is 25.0 Å². The van der Waals surface area contributed by atoms with Crippen molar-refractivity contribution in [3.63, 3.8) is 0 Å². The van der Waals surface area contributed by atoms with Crippen LogP contribution in [0, 0.1) is 0 Å². The first kappa shape index (κ1) is 20.9. The van der Waals surface area contributed by atoms with Gasteiger partial charge in [0.25, 0.3) is 0 Å². The van der Waals surface area contributed by atoms with E-state index in [-0.39, 0.29) is 24.5 Å². The van der Waals surface area contributed by atoms with E-state index < -0.39 is 12.3 Å². The standard InChI is InChI=1S/C16H18F3N3O4S/c17-16(18,19)26-10-7-8-11-12(9-10)27-15(20-11)21-13(23)5-3-1-2-4-6-14(24)22-25/h7-9,25H,1-6H2,(H,22,24)(H,20,21,23). The number of thiazole rings is 1. The lowest BCUT2D eigenvalue weighted by molar-refractivity contribution is -0.274. The molecule has 2 rings (SSSR count). The molecule has 0 saturated carbocycles. The lowest BCUT2D eigenvalue weighted by Gasteiger charge is -2.07. The highest BCUT2D eigenvalue weighted by atomic mass is 32.1. The highest BCUT2D eigenvalue weighted by molar-refractivity contribution is 7.22. The molecule has 3 N–H and O–H groups in total. The minimum atomic E-state index is -4.77. The van der Waals surface area contributed by atoms with E-state index in [0.29, 0.717) is 28.2 Å². The summed E-state index contributed by atoms with van der Waals surface area (Å²) in [5.41, 5.74) is 2.02. The molecule has 148 valence electrons. The zero-order valence-electron chi connectivity index (χ0n) is 14.1. The third kappa shape index (κ3) is 7.39. The molecule has 0 unspecified atom stereocenters. The minimum Gasteiger partial charge on any atom is -0.406 e. The second-order valence-corrected chi connectivity index (χ2v) is 6.72. The number of benzene rings is 1. The van der Waals surface area contributed by atoms with Gasteiger partial charge in [-0.1, -0.05) is 24.2 Å². The van der Waals surface area contributed by atoms with Gasteiger partial charge in [0.05, 0.1) is 10.2 Å². The van der Waals surface area contributed by atoms with Crippen LogP contribution < -0.4 is 15.5 Å². The molecule has 1 aromatic heterocycles. The summed E-state index contributed by atoms with van der Waals surface area (Å²) in [7, 11) is 0. The van der Waals surface area contributed by atoms with Crippen molar-refractivity contribution in [2.24, 2.45) is 0 Å². The molecule has 7 nitrogen and oxygen atoms in total. The summed E-state index contributed by atoms with van der Waals surface area (Å²) in [4.78, 5) is 26.9. The number of hydrogen-bond donors (Lipinski definition) is 3. The molecule has 1 heterocycles. The van der Waals surface area contributed by atoms with E-state index in [4.69, 9.17) is 5.21 Å². The fourth-order valence-corrected chi connectivity index (χ4v) is 3.23. The molecule has 1 aromatic carbocycles. The average molecular weight is 405 g/mol. The van der Waals surface area contributed by atoms with Crippen molar-refractivity contribution in [2.75, 3.05) is 5.32 Å². The van der Waals surface area contributed by atoms with Crippen LogP contribution in [0.15, 0.2) is 18.2 Å². The molecule has 2 amide bonds. The van der Waals surface area contributed by atoms with Crippen molar-refractivity contribution in [3.05, 3.63) is 18.2 Å². The Morgan fingerprint density at radius 3 is 2.41 bits per heavy atom. The molecule has 0 bridgehead atoms. The Labute approximate surface area is 156 Å². The first-order chi connectivity index (χ1) is 12.8. The lowest BCUT2D eigenvalue weighted by atomic mass is 10.1. The normalized spacial score (nSPS) is 11.4. The molecular formula is C16H18F3N3O4S. The number of hydroxylamine groups is 1. The zero-order valence-corrected chi connectivity index (χ0v) is 15.0. The predicted octanol–water partition coefficient (Wildman–Crippen LogP) is 3.98. The molecule has 0 spiro atoms. The quantitative estimate of drug-likeness (QED) is 0.333. The predicted molar refractivity (Wildman–Crippen MR) is 92.6 cm³/mol. The molecule has 0 atom stereocenters. The van der Waals surface area contributed by atoms with E-state index in [1.165, 1.54) is 12.1 Å². The van der Waals surface area contributed by atoms with Gasteiger partial charge in [-0.2, -0.15) is 0 Å². The molecule has 2 aromatic rings. The number of aromatic nitrogens is 1. The van der Waals surface area contributed by atoms with Gasteiger partial charge in [-0.3, -0.25) is 14.8 Å². The maximum atomic E-state index is 12.2. The Morgan fingerprint density at radius 2 is 1.78 bits per heavy atom. The van der Waals surface area contributed by atoms with E-state index in [0.717, 1.165) is 30.2 Å². The number of unbranched alkanes of at least 4 members (excludes halogenated alkanes) is 3. The number of fused-ring (bicyclic) bond motifs is 1. The van der Waals surface area contributed by atoms with Gasteiger partial charge in [-0.15, -0.1) is 13.2 Å². The third-order valence-corrected chi connectivity index (χ3v) is 4.46. The number of nitrogens with zero attached hydrogens (tertiary/aromatic N) is 1. The van der Waals surface area contributed by atoms with E-state index in [1.54, 1.807) is 5.48 Å². The largest absolute Gasteiger partial charge is 0.573 e. The molecule has 0 aliphatic carbocycles. The number of anilines is 1. The van der Waals surface area contributed by atoms with Gasteiger partial charge in [0.2, 0.25) is 11.8 Å². The molecule has 0 saturated heterocycles. The summed E-state index contributed by atoms with van der Waals surface area (Å²) in [5.74, 6) is -1.02. The fraction of sp³-hybridized carbons (Fsp3) is 0.438. The second kappa shape index (κ2) is 9.51. The summed E-state index contributed by atoms with van der Waals surface area (Å²) in [6.07, 6.45) is -1.51. The van der Waals surface area contributed by atoms with Crippen molar-refractivity contribution in [2.45, 2.75) is 44.9 Å². The molecule has 0 aliphatic rings. The van der Waals surface area contributed by atoms with Crippen LogP contribution >= 0.6 is 11.3 Å². The van der Waals surface area contributed by atoms with E-state index >= 15 is 0 Å². The van der Waals surface area contributed by atoms with Crippen molar-refractivity contribution in [1.29, 1.82) is 0 Å². The Balaban J connectivity index is 1.78. The topological polar surface area (TPSA) is 101 Å². The Morgan fingerprint density at radius 1 is 1.11 bits per heavy atom. The summed E-state index contributed by atoms with van der Waals surface area (Å²) in [6, 6.07) is 3.78. The number of alkyl halides is 3. The number of carbonyl (C=O) groups excluding carboxylic acids is 2. The van der Waals surface area contributed by atoms with Gasteiger partial charge >= 0.3 is 6.36 Å². The van der Waals surface area contributed by atoms with Crippen LogP contribution in [0.3, 0.4) is 0 Å². The summed E-state index contributed by atoms with van der Waals surface area (Å²) in [5, 5.41) is 11.3. The molecule has 0 fully saturated rings. The lowest BCUT2D eigenvalue weighted by Crippen LogP contribution is -2.17. The van der Waals surface area contributed by atoms with Crippen LogP contribution in [-0.2, 0) is 9.59 Å². The van der Waals surface area contributed by atoms with Crippen LogP contribution in [0.25, 0.3) is 10.2 Å². The van der Waals surface area contributed by atoms with Crippen LogP contribution in [-0.4, -0.2) is 28.4 Å². The number of hydrogen-bond acceptors (Lipinski definition) is 6. The molecule has 0 aliphatic heterocycles. The van der Waals surface area contributed by atoms with Gasteiger partial charge in [-0.25, -0.2) is 10.5 Å². The smallest absolute Gasteiger partial charge is 0.406 e. The van der Waals surface area contributed by atoms with E-state index in [2.05, 4.69) is 15.0 Å². The molecule has 0 radical (unpaired) electrons. The van der Waals surface area contributed by atoms with Crippen LogP contribution in [0.5, 0.6) is 5.75 Å². The van der Waals surface area contributed by atoms with Crippen LogP contribution in [0.2, 0.25) is 0 Å². The number of halogens is 3. The third-order valence-electron chi connectivity index (χ3n) is 3.52. The van der Waals surface area contributed by atoms with E-state index in [1.807, 2.05) is 0 Å². The Kier molecular flexibility index (Phi) is 7.36. The monoisotopic (exact) mass is 405 g/mol. The van der Waals surface area contributed by atoms with Crippen molar-refractivity contribution in [3.8, 4) is 5.75 Å². The number of nitrogens with one attached hydrogen (secondary N) is 2. The number of carbonyl (C=O) groups is 2. The summed E-state index contributed by atoms with van der Waals surface area (Å²) < 4.78 is 41.1. The number of rotatable bonds is 9. The number of amides is 2. The van der Waals surface area contributed by atoms with Gasteiger partial charge in [0, 0.05) is 18.9 Å². The molecule has 27 heavy (non-hydrogen) atoms. The zero-order chi connectivity index (χ0) is 19.9. The van der Waals surface area contributed by atoms with Crippen LogP contribution in [0.4, 0.5) is 18.3 Å². The maximum Gasteiger partial charge on any atom is 0.573 e. The fourth-order valence-electron chi connectivity index (χ4n) is 2.32. The Bertz CT molecular complexity index is 795. The summed E-state index contributed by atoms with van der Waals surface area (Å²) >= 11 is 1.06. The average Bonchev–Trinajstić information content (AvgIpc) is 2.97. The van der Waals surface area contributed by atoms with Crippen molar-refractivity contribution >= 4 is 38.5 Å². The van der Waals surface area contributed by atoms with Gasteiger partial charge in [0.1, 0.15) is 5.75 Å².